The molecule has 3 rings (SSSR count). The van der Waals surface area contributed by atoms with Crippen LogP contribution in [0.5, 0.6) is 5.75 Å². The van der Waals surface area contributed by atoms with E-state index in [1.807, 2.05) is 4.90 Å². The highest BCUT2D eigenvalue weighted by atomic mass is 16.5. The van der Waals surface area contributed by atoms with Gasteiger partial charge in [-0.3, -0.25) is 9.69 Å². The molecule has 0 bridgehead atoms. The van der Waals surface area contributed by atoms with Gasteiger partial charge in [0.1, 0.15) is 5.75 Å². The smallest absolute Gasteiger partial charge is 0.335 e. The molecule has 0 radical (unpaired) electrons. The molecular formula is C21H30N2O4. The van der Waals surface area contributed by atoms with E-state index in [0.29, 0.717) is 17.7 Å². The van der Waals surface area contributed by atoms with Crippen molar-refractivity contribution in [2.24, 2.45) is 5.92 Å². The molecule has 0 unspecified atom stereocenters. The Morgan fingerprint density at radius 3 is 2.11 bits per heavy atom. The summed E-state index contributed by atoms with van der Waals surface area (Å²) in [4.78, 5) is 28.2. The topological polar surface area (TPSA) is 70.1 Å². The summed E-state index contributed by atoms with van der Waals surface area (Å²) in [5, 5.41) is 8.95. The normalized spacial score (nSPS) is 24.0. The van der Waals surface area contributed by atoms with Crippen LogP contribution in [-0.4, -0.2) is 65.1 Å². The molecule has 6 nitrogen and oxygen atoms in total. The average Bonchev–Trinajstić information content (AvgIpc) is 2.68. The van der Waals surface area contributed by atoms with Crippen molar-refractivity contribution >= 4 is 11.9 Å². The molecule has 0 spiro atoms. The number of ether oxygens (including phenoxy) is 1. The van der Waals surface area contributed by atoms with Crippen LogP contribution in [0.3, 0.4) is 0 Å². The van der Waals surface area contributed by atoms with Crippen LogP contribution in [-0.2, 0) is 4.79 Å². The molecule has 2 aliphatic rings. The van der Waals surface area contributed by atoms with Crippen LogP contribution >= 0.6 is 0 Å². The highest BCUT2D eigenvalue weighted by Gasteiger charge is 2.32. The van der Waals surface area contributed by atoms with Crippen LogP contribution in [0, 0.1) is 5.92 Å². The summed E-state index contributed by atoms with van der Waals surface area (Å²) in [7, 11) is 0. The van der Waals surface area contributed by atoms with Crippen LogP contribution in [0.1, 0.15) is 49.9 Å². The van der Waals surface area contributed by atoms with Crippen molar-refractivity contribution in [3.05, 3.63) is 29.8 Å². The lowest BCUT2D eigenvalue weighted by Gasteiger charge is -2.39. The van der Waals surface area contributed by atoms with Gasteiger partial charge in [-0.1, -0.05) is 0 Å². The van der Waals surface area contributed by atoms with Crippen molar-refractivity contribution in [3.63, 3.8) is 0 Å². The Bertz CT molecular complexity index is 643. The van der Waals surface area contributed by atoms with Crippen LogP contribution in [0.4, 0.5) is 0 Å². The van der Waals surface area contributed by atoms with Crippen molar-refractivity contribution in [3.8, 4) is 5.75 Å². The monoisotopic (exact) mass is 374 g/mol. The number of hydrogen-bond donors (Lipinski definition) is 1. The number of hydrogen-bond acceptors (Lipinski definition) is 4. The number of rotatable bonds is 5. The molecule has 0 aromatic heterocycles. The Kier molecular flexibility index (Phi) is 6.37. The van der Waals surface area contributed by atoms with E-state index in [0.717, 1.165) is 51.9 Å². The van der Waals surface area contributed by atoms with Gasteiger partial charge in [-0.25, -0.2) is 4.79 Å². The zero-order valence-electron chi connectivity index (χ0n) is 16.3. The maximum Gasteiger partial charge on any atom is 0.335 e. The van der Waals surface area contributed by atoms with E-state index in [9.17, 15) is 9.59 Å². The molecule has 27 heavy (non-hydrogen) atoms. The lowest BCUT2D eigenvalue weighted by atomic mass is 9.86. The number of nitrogens with zero attached hydrogens (tertiary/aromatic N) is 2. The zero-order valence-corrected chi connectivity index (χ0v) is 16.3. The fourth-order valence-corrected chi connectivity index (χ4v) is 4.01. The van der Waals surface area contributed by atoms with Gasteiger partial charge in [-0.05, 0) is 63.8 Å². The van der Waals surface area contributed by atoms with Gasteiger partial charge in [0.25, 0.3) is 0 Å². The number of piperazine rings is 1. The summed E-state index contributed by atoms with van der Waals surface area (Å²) in [5.74, 6) is 0.182. The number of amides is 1. The van der Waals surface area contributed by atoms with Gasteiger partial charge in [-0.2, -0.15) is 0 Å². The highest BCUT2D eigenvalue weighted by Crippen LogP contribution is 2.29. The lowest BCUT2D eigenvalue weighted by molar-refractivity contribution is -0.139. The first-order valence-electron chi connectivity index (χ1n) is 9.97. The van der Waals surface area contributed by atoms with Gasteiger partial charge in [0.15, 0.2) is 0 Å². The van der Waals surface area contributed by atoms with Crippen molar-refractivity contribution < 1.29 is 19.4 Å². The Hall–Kier alpha value is -2.08. The fraction of sp³-hybridized carbons (Fsp3) is 0.619. The Labute approximate surface area is 161 Å². The van der Waals surface area contributed by atoms with E-state index < -0.39 is 5.97 Å². The Morgan fingerprint density at radius 2 is 1.59 bits per heavy atom. The second kappa shape index (κ2) is 8.74. The van der Waals surface area contributed by atoms with E-state index in [1.54, 1.807) is 24.3 Å². The lowest BCUT2D eigenvalue weighted by Crippen LogP contribution is -2.52. The summed E-state index contributed by atoms with van der Waals surface area (Å²) < 4.78 is 5.98. The minimum Gasteiger partial charge on any atom is -0.490 e. The molecule has 6 heteroatoms. The third-order valence-corrected chi connectivity index (χ3v) is 5.78. The van der Waals surface area contributed by atoms with Crippen molar-refractivity contribution in [1.82, 2.24) is 9.80 Å². The second-order valence-electron chi connectivity index (χ2n) is 7.88. The molecule has 0 atom stereocenters. The fourth-order valence-electron chi connectivity index (χ4n) is 4.01. The number of carbonyl (C=O) groups is 2. The average molecular weight is 374 g/mol. The Balaban J connectivity index is 1.44. The molecular weight excluding hydrogens is 344 g/mol. The molecule has 1 aliphatic carbocycles. The van der Waals surface area contributed by atoms with Crippen molar-refractivity contribution in [2.75, 3.05) is 26.2 Å². The molecule has 1 N–H and O–H groups in total. The predicted octanol–water partition coefficient (Wildman–Crippen LogP) is 2.88. The SMILES string of the molecule is CC(C)N1CCN(C(=O)C2CCC(Oc3ccc(C(=O)O)cc3)CC2)CC1. The number of carboxylic acid groups (broad SMARTS) is 1. The van der Waals surface area contributed by atoms with Gasteiger partial charge in [0.05, 0.1) is 11.7 Å². The second-order valence-corrected chi connectivity index (χ2v) is 7.88. The minimum atomic E-state index is -0.935. The maximum absolute atomic E-state index is 12.8. The highest BCUT2D eigenvalue weighted by molar-refractivity contribution is 5.87. The first kappa shape index (κ1) is 19.7. The molecule has 1 saturated carbocycles. The number of aromatic carboxylic acids is 1. The number of benzene rings is 1. The number of carboxylic acids is 1. The first-order valence-corrected chi connectivity index (χ1v) is 9.97. The maximum atomic E-state index is 12.8. The predicted molar refractivity (Wildman–Crippen MR) is 103 cm³/mol. The largest absolute Gasteiger partial charge is 0.490 e. The van der Waals surface area contributed by atoms with E-state index in [4.69, 9.17) is 9.84 Å². The quantitative estimate of drug-likeness (QED) is 0.858. The summed E-state index contributed by atoms with van der Waals surface area (Å²) in [6.07, 6.45) is 3.55. The van der Waals surface area contributed by atoms with Crippen LogP contribution in [0.2, 0.25) is 0 Å². The molecule has 1 aliphatic heterocycles. The molecule has 1 saturated heterocycles. The summed E-state index contributed by atoms with van der Waals surface area (Å²) >= 11 is 0. The Morgan fingerprint density at radius 1 is 1.00 bits per heavy atom. The summed E-state index contributed by atoms with van der Waals surface area (Å²) in [6.45, 7) is 8.01. The minimum absolute atomic E-state index is 0.0996. The first-order chi connectivity index (χ1) is 12.9. The van der Waals surface area contributed by atoms with Crippen molar-refractivity contribution in [1.29, 1.82) is 0 Å². The molecule has 2 fully saturated rings. The van der Waals surface area contributed by atoms with Crippen LogP contribution < -0.4 is 4.74 Å². The molecule has 1 amide bonds. The van der Waals surface area contributed by atoms with E-state index in [1.165, 1.54) is 0 Å². The van der Waals surface area contributed by atoms with Gasteiger partial charge < -0.3 is 14.7 Å². The van der Waals surface area contributed by atoms with E-state index in [2.05, 4.69) is 18.7 Å². The molecule has 1 aromatic rings. The van der Waals surface area contributed by atoms with Gasteiger partial charge >= 0.3 is 5.97 Å². The third-order valence-electron chi connectivity index (χ3n) is 5.78. The van der Waals surface area contributed by atoms with Crippen LogP contribution in [0.15, 0.2) is 24.3 Å². The number of carbonyl (C=O) groups excluding carboxylic acids is 1. The standard InChI is InChI=1S/C21H30N2O4/c1-15(2)22-11-13-23(14-12-22)20(24)16-3-7-18(8-4-16)27-19-9-5-17(6-10-19)21(25)26/h5-6,9-10,15-16,18H,3-4,7-8,11-14H2,1-2H3,(H,25,26). The molecule has 148 valence electrons. The van der Waals surface area contributed by atoms with Crippen LogP contribution in [0.25, 0.3) is 0 Å². The summed E-state index contributed by atoms with van der Waals surface area (Å²) in [5.41, 5.74) is 0.259. The zero-order chi connectivity index (χ0) is 19.4. The molecule has 1 heterocycles. The third kappa shape index (κ3) is 5.01. The molecule has 1 aromatic carbocycles. The van der Waals surface area contributed by atoms with E-state index in [-0.39, 0.29) is 17.6 Å². The van der Waals surface area contributed by atoms with Gasteiger partial charge in [0, 0.05) is 38.1 Å². The van der Waals surface area contributed by atoms with Gasteiger partial charge in [0.2, 0.25) is 5.91 Å². The van der Waals surface area contributed by atoms with Crippen molar-refractivity contribution in [2.45, 2.75) is 51.7 Å². The van der Waals surface area contributed by atoms with E-state index >= 15 is 0 Å². The summed E-state index contributed by atoms with van der Waals surface area (Å²) in [6, 6.07) is 7.07. The van der Waals surface area contributed by atoms with Gasteiger partial charge in [-0.15, -0.1) is 0 Å².